The number of unbranched alkanes of at least 4 members (excludes halogenated alkanes) is 28. The summed E-state index contributed by atoms with van der Waals surface area (Å²) in [7, 11) is 9.43. The number of methoxy groups -OCH3 is 4. The van der Waals surface area contributed by atoms with Crippen molar-refractivity contribution in [1.82, 2.24) is 9.80 Å². The first-order chi connectivity index (χ1) is 38.1. The molecule has 11 nitrogen and oxygen atoms in total. The van der Waals surface area contributed by atoms with Gasteiger partial charge >= 0.3 is 0 Å². The zero-order valence-electron chi connectivity index (χ0n) is 54.4. The average molecular weight is 1120 g/mol. The third kappa shape index (κ3) is 88.0. The first kappa shape index (κ1) is 87.4. The van der Waals surface area contributed by atoms with Crippen LogP contribution in [0.3, 0.4) is 0 Å². The number of aldehydes is 5. The topological polar surface area (TPSA) is 129 Å². The normalized spacial score (nSPS) is 10.7. The van der Waals surface area contributed by atoms with E-state index in [9.17, 15) is 24.0 Å². The molecule has 11 heteroatoms. The second-order valence-corrected chi connectivity index (χ2v) is 21.4. The summed E-state index contributed by atoms with van der Waals surface area (Å²) < 4.78 is 21.5. The van der Waals surface area contributed by atoms with Crippen molar-refractivity contribution in [2.75, 3.05) is 81.4 Å². The first-order valence-electron chi connectivity index (χ1n) is 32.7. The Morgan fingerprint density at radius 1 is 0.333 bits per heavy atom. The lowest BCUT2D eigenvalue weighted by molar-refractivity contribution is -0.108. The second kappa shape index (κ2) is 86.4. The molecule has 0 rings (SSSR count). The van der Waals surface area contributed by atoms with E-state index in [4.69, 9.17) is 18.9 Å². The third-order valence-electron chi connectivity index (χ3n) is 13.9. The fourth-order valence-corrected chi connectivity index (χ4v) is 8.82. The van der Waals surface area contributed by atoms with E-state index in [-0.39, 0.29) is 0 Å². The van der Waals surface area contributed by atoms with Gasteiger partial charge in [-0.15, -0.1) is 0 Å². The summed E-state index contributed by atoms with van der Waals surface area (Å²) in [6.45, 7) is 23.0. The first-order valence-corrected chi connectivity index (χ1v) is 32.7. The van der Waals surface area contributed by atoms with Crippen LogP contribution in [-0.4, -0.2) is 135 Å². The number of hydrogen-bond acceptors (Lipinski definition) is 11. The van der Waals surface area contributed by atoms with Gasteiger partial charge in [-0.25, -0.2) is 0 Å². The Bertz CT molecular complexity index is 960. The highest BCUT2D eigenvalue weighted by molar-refractivity contribution is 5.50. The van der Waals surface area contributed by atoms with Crippen molar-refractivity contribution in [2.45, 2.75) is 318 Å². The molecule has 0 atom stereocenters. The Labute approximate surface area is 487 Å². The third-order valence-corrected chi connectivity index (χ3v) is 13.9. The van der Waals surface area contributed by atoms with Crippen molar-refractivity contribution in [2.24, 2.45) is 5.92 Å². The zero-order valence-corrected chi connectivity index (χ0v) is 54.4. The van der Waals surface area contributed by atoms with Gasteiger partial charge in [0.1, 0.15) is 31.4 Å². The summed E-state index contributed by atoms with van der Waals surface area (Å²) >= 11 is 0. The molecule has 0 radical (unpaired) electrons. The standard InChI is InChI=1S/C15H34N2O2.2C14H30O.2C8H14O2.C8H16O/c1-6-17(7-2)11-9-8-10-16(3)12-15(13-18-4)14-19-5;2*1-4-6-8-10-12-14(15-3)13-11-9-7-5-2;2*9-7-5-3-1-2-4-6-8-10;1-2-3-4-5-6-7-8-9/h15H,6-14H2,1-5H3;2*14H,4-13H2,1-3H3;2*7-8H,1-6H2;8H,2-7H2,1H3. The van der Waals surface area contributed by atoms with Crippen LogP contribution in [0.25, 0.3) is 0 Å². The summed E-state index contributed by atoms with van der Waals surface area (Å²) in [5.41, 5.74) is 0. The van der Waals surface area contributed by atoms with Gasteiger partial charge < -0.3 is 52.7 Å². The Balaban J connectivity index is -0.000000203. The zero-order chi connectivity index (χ0) is 59.5. The molecule has 0 aromatic carbocycles. The number of ether oxygens (including phenoxy) is 4. The Morgan fingerprint density at radius 2 is 0.590 bits per heavy atom. The molecular formula is C67H138N2O9. The summed E-state index contributed by atoms with van der Waals surface area (Å²) in [4.78, 5) is 54.1. The van der Waals surface area contributed by atoms with E-state index in [1.165, 1.54) is 173 Å². The maximum absolute atomic E-state index is 9.84. The van der Waals surface area contributed by atoms with E-state index in [2.05, 4.69) is 65.3 Å². The van der Waals surface area contributed by atoms with Gasteiger partial charge in [0.05, 0.1) is 25.4 Å². The molecule has 0 aromatic rings. The fraction of sp³-hybridized carbons (Fsp3) is 0.925. The number of hydrogen-bond donors (Lipinski definition) is 0. The minimum absolute atomic E-state index is 0.475. The Morgan fingerprint density at radius 3 is 0.821 bits per heavy atom. The van der Waals surface area contributed by atoms with Crippen LogP contribution in [0, 0.1) is 5.92 Å². The fourth-order valence-electron chi connectivity index (χ4n) is 8.82. The van der Waals surface area contributed by atoms with Crippen LogP contribution in [-0.2, 0) is 42.9 Å². The molecule has 0 fully saturated rings. The van der Waals surface area contributed by atoms with Gasteiger partial charge in [0, 0.05) is 73.0 Å². The van der Waals surface area contributed by atoms with E-state index in [0.717, 1.165) is 135 Å². The SMILES string of the molecule is CCCCCCC(CCCCCC)OC.CCCCCCC(CCCCCC)OC.CCCCCCCC=O.CCN(CC)CCCCN(C)CC(COC)COC.O=CCCCCCCC=O.O=CCCCCCCC=O. The van der Waals surface area contributed by atoms with Crippen LogP contribution in [0.2, 0.25) is 0 Å². The molecule has 0 saturated heterocycles. The largest absolute Gasteiger partial charge is 0.384 e. The maximum Gasteiger partial charge on any atom is 0.119 e. The molecule has 0 bridgehead atoms. The highest BCUT2D eigenvalue weighted by Gasteiger charge is 2.12. The van der Waals surface area contributed by atoms with Crippen molar-refractivity contribution in [1.29, 1.82) is 0 Å². The van der Waals surface area contributed by atoms with Crippen LogP contribution in [0.5, 0.6) is 0 Å². The van der Waals surface area contributed by atoms with E-state index in [0.29, 0.717) is 43.8 Å². The number of carbonyl (C=O) groups excluding carboxylic acids is 5. The summed E-state index contributed by atoms with van der Waals surface area (Å²) in [5, 5.41) is 0. The number of carbonyl (C=O) groups is 5. The van der Waals surface area contributed by atoms with E-state index in [1.807, 2.05) is 14.2 Å². The minimum atomic E-state index is 0.475. The molecule has 0 amide bonds. The smallest absolute Gasteiger partial charge is 0.119 e. The Kier molecular flexibility index (Phi) is 96.7. The van der Waals surface area contributed by atoms with Crippen molar-refractivity contribution < 1.29 is 42.9 Å². The molecule has 0 aromatic heterocycles. The van der Waals surface area contributed by atoms with Crippen molar-refractivity contribution in [3.8, 4) is 0 Å². The molecule has 0 saturated carbocycles. The molecule has 0 heterocycles. The highest BCUT2D eigenvalue weighted by Crippen LogP contribution is 2.16. The number of rotatable bonds is 55. The van der Waals surface area contributed by atoms with Crippen LogP contribution in [0.4, 0.5) is 0 Å². The van der Waals surface area contributed by atoms with Gasteiger partial charge in [-0.1, -0.05) is 203 Å². The van der Waals surface area contributed by atoms with E-state index < -0.39 is 0 Å². The van der Waals surface area contributed by atoms with E-state index >= 15 is 0 Å². The van der Waals surface area contributed by atoms with Gasteiger partial charge in [-0.05, 0) is 104 Å². The predicted molar refractivity (Wildman–Crippen MR) is 337 cm³/mol. The molecule has 0 N–H and O–H groups in total. The minimum Gasteiger partial charge on any atom is -0.384 e. The maximum atomic E-state index is 9.84. The van der Waals surface area contributed by atoms with Crippen LogP contribution >= 0.6 is 0 Å². The lowest BCUT2D eigenvalue weighted by atomic mass is 10.0. The van der Waals surface area contributed by atoms with Gasteiger partial charge in [-0.2, -0.15) is 0 Å². The summed E-state index contributed by atoms with van der Waals surface area (Å²) in [6, 6.07) is 0. The van der Waals surface area contributed by atoms with E-state index in [1.54, 1.807) is 14.2 Å². The van der Waals surface area contributed by atoms with Gasteiger partial charge in [0.25, 0.3) is 0 Å². The molecule has 0 aliphatic rings. The average Bonchev–Trinajstić information content (AvgIpc) is 3.45. The second-order valence-electron chi connectivity index (χ2n) is 21.4. The summed E-state index contributed by atoms with van der Waals surface area (Å²) in [6.07, 6.45) is 53.0. The molecular weight excluding hydrogens is 977 g/mol. The lowest BCUT2D eigenvalue weighted by Crippen LogP contribution is -2.32. The van der Waals surface area contributed by atoms with Crippen molar-refractivity contribution >= 4 is 31.4 Å². The molecule has 470 valence electrons. The monoisotopic (exact) mass is 1120 g/mol. The molecule has 78 heavy (non-hydrogen) atoms. The molecule has 0 aliphatic carbocycles. The van der Waals surface area contributed by atoms with Gasteiger partial charge in [0.15, 0.2) is 0 Å². The van der Waals surface area contributed by atoms with Gasteiger partial charge in [0.2, 0.25) is 0 Å². The quantitative estimate of drug-likeness (QED) is 0.0426. The number of nitrogens with zero attached hydrogens (tertiary/aromatic N) is 2. The molecule has 0 aliphatic heterocycles. The molecule has 0 unspecified atom stereocenters. The van der Waals surface area contributed by atoms with Crippen LogP contribution in [0.1, 0.15) is 305 Å². The van der Waals surface area contributed by atoms with Crippen molar-refractivity contribution in [3.63, 3.8) is 0 Å². The van der Waals surface area contributed by atoms with Gasteiger partial charge in [-0.3, -0.25) is 0 Å². The Hall–Kier alpha value is -1.89. The highest BCUT2D eigenvalue weighted by atomic mass is 16.5. The van der Waals surface area contributed by atoms with Crippen LogP contribution in [0.15, 0.2) is 0 Å². The predicted octanol–water partition coefficient (Wildman–Crippen LogP) is 17.8. The molecule has 0 spiro atoms. The summed E-state index contributed by atoms with van der Waals surface area (Å²) in [5.74, 6) is 0.475. The lowest BCUT2D eigenvalue weighted by Gasteiger charge is -2.24. The van der Waals surface area contributed by atoms with Crippen LogP contribution < -0.4 is 0 Å². The van der Waals surface area contributed by atoms with Crippen molar-refractivity contribution in [3.05, 3.63) is 0 Å².